The Morgan fingerprint density at radius 3 is 2.00 bits per heavy atom. The third-order valence-electron chi connectivity index (χ3n) is 3.37. The summed E-state index contributed by atoms with van der Waals surface area (Å²) in [6.07, 6.45) is 10.8. The predicted octanol–water partition coefficient (Wildman–Crippen LogP) is 6.30. The monoisotopic (exact) mass is 377 g/mol. The highest BCUT2D eigenvalue weighted by Crippen LogP contribution is 2.51. The Morgan fingerprint density at radius 1 is 1.00 bits per heavy atom. The van der Waals surface area contributed by atoms with E-state index in [-0.39, 0.29) is 6.16 Å². The van der Waals surface area contributed by atoms with Crippen LogP contribution in [0.2, 0.25) is 0 Å². The van der Waals surface area contributed by atoms with E-state index in [0.29, 0.717) is 6.42 Å². The van der Waals surface area contributed by atoms with E-state index >= 15 is 0 Å². The molecule has 0 bridgehead atoms. The van der Waals surface area contributed by atoms with Crippen molar-refractivity contribution in [2.75, 3.05) is 13.3 Å². The molecule has 2 atom stereocenters. The van der Waals surface area contributed by atoms with Crippen LogP contribution in [0.25, 0.3) is 0 Å². The lowest BCUT2D eigenvalue weighted by Gasteiger charge is -2.03. The van der Waals surface area contributed by atoms with Crippen molar-refractivity contribution >= 4 is 15.9 Å². The average Bonchev–Trinajstić information content (AvgIpc) is 2.45. The highest BCUT2D eigenvalue weighted by atomic mass is 31.2. The van der Waals surface area contributed by atoms with Crippen LogP contribution in [0.4, 0.5) is 0 Å². The van der Waals surface area contributed by atoms with Crippen molar-refractivity contribution in [3.05, 3.63) is 34.9 Å². The van der Waals surface area contributed by atoms with E-state index in [2.05, 4.69) is 41.8 Å². The Balaban J connectivity index is 4.13. The molecule has 7 heteroatoms. The molecule has 0 aliphatic heterocycles. The van der Waals surface area contributed by atoms with Crippen LogP contribution in [0.15, 0.2) is 34.9 Å². The van der Waals surface area contributed by atoms with Gasteiger partial charge in [0.1, 0.15) is 0 Å². The molecule has 0 aromatic carbocycles. The van der Waals surface area contributed by atoms with E-state index in [0.717, 1.165) is 32.8 Å². The molecule has 24 heavy (non-hydrogen) atoms. The van der Waals surface area contributed by atoms with Crippen LogP contribution in [0.5, 0.6) is 0 Å². The summed E-state index contributed by atoms with van der Waals surface area (Å²) in [6, 6.07) is 0. The molecule has 0 heterocycles. The summed E-state index contributed by atoms with van der Waals surface area (Å²) >= 11 is 0. The molecule has 1 N–H and O–H groups in total. The molecular formula is C17H31O5P2+. The van der Waals surface area contributed by atoms with Gasteiger partial charge in [-0.1, -0.05) is 34.9 Å². The van der Waals surface area contributed by atoms with Crippen molar-refractivity contribution in [2.45, 2.75) is 59.8 Å². The molecule has 5 nitrogen and oxygen atoms in total. The van der Waals surface area contributed by atoms with Gasteiger partial charge in [0.05, 0.1) is 13.3 Å². The van der Waals surface area contributed by atoms with E-state index in [1.807, 2.05) is 13.0 Å². The summed E-state index contributed by atoms with van der Waals surface area (Å²) in [7, 11) is -5.21. The van der Waals surface area contributed by atoms with Crippen LogP contribution in [0.3, 0.4) is 0 Å². The molecule has 0 saturated carbocycles. The van der Waals surface area contributed by atoms with Gasteiger partial charge in [0.2, 0.25) is 0 Å². The number of rotatable bonds is 12. The standard InChI is InChI=1S/C17H30O5P2/c1-15(2)9-6-10-16(3)11-7-12-17(4)13-8-14-24(19,20)22-23(18)21-5/h9,11,13H,6-8,10,12,14H2,1-5H3/p+1. The zero-order chi connectivity index (χ0) is 18.6. The van der Waals surface area contributed by atoms with Crippen LogP contribution in [0.1, 0.15) is 59.8 Å². The summed E-state index contributed by atoms with van der Waals surface area (Å²) in [5.74, 6) is 0. The fourth-order valence-electron chi connectivity index (χ4n) is 1.99. The smallest absolute Gasteiger partial charge is 0.322 e. The molecule has 0 aromatic rings. The minimum atomic E-state index is -3.85. The molecular weight excluding hydrogens is 346 g/mol. The maximum atomic E-state index is 11.6. The van der Waals surface area contributed by atoms with Crippen LogP contribution in [0, 0.1) is 0 Å². The van der Waals surface area contributed by atoms with Gasteiger partial charge in [-0.25, -0.2) is 0 Å². The third-order valence-corrected chi connectivity index (χ3v) is 6.05. The molecule has 0 fully saturated rings. The van der Waals surface area contributed by atoms with E-state index in [9.17, 15) is 14.0 Å². The van der Waals surface area contributed by atoms with Gasteiger partial charge in [-0.2, -0.15) is 0 Å². The van der Waals surface area contributed by atoms with Crippen molar-refractivity contribution in [1.29, 1.82) is 0 Å². The van der Waals surface area contributed by atoms with Crippen LogP contribution < -0.4 is 0 Å². The molecule has 0 radical (unpaired) electrons. The molecule has 0 spiro atoms. The summed E-state index contributed by atoms with van der Waals surface area (Å²) < 4.78 is 31.5. The number of hydrogen-bond donors (Lipinski definition) is 1. The minimum Gasteiger partial charge on any atom is -0.322 e. The molecule has 0 aliphatic carbocycles. The van der Waals surface area contributed by atoms with Crippen LogP contribution >= 0.6 is 15.9 Å². The SMILES string of the molecule is CO[P+](=O)OP(=O)(O)CCC=C(C)CCC=C(C)CCC=C(C)C. The maximum Gasteiger partial charge on any atom is 0.706 e. The Bertz CT molecular complexity index is 531. The van der Waals surface area contributed by atoms with E-state index < -0.39 is 15.9 Å². The van der Waals surface area contributed by atoms with Gasteiger partial charge in [0, 0.05) is 4.57 Å². The van der Waals surface area contributed by atoms with Crippen molar-refractivity contribution in [2.24, 2.45) is 0 Å². The Labute approximate surface area is 147 Å². The van der Waals surface area contributed by atoms with Crippen LogP contribution in [-0.4, -0.2) is 18.2 Å². The molecule has 138 valence electrons. The van der Waals surface area contributed by atoms with Gasteiger partial charge in [0.15, 0.2) is 0 Å². The van der Waals surface area contributed by atoms with Gasteiger partial charge in [0.25, 0.3) is 0 Å². The first-order valence-electron chi connectivity index (χ1n) is 8.14. The van der Waals surface area contributed by atoms with Crippen LogP contribution in [-0.2, 0) is 18.0 Å². The second-order valence-corrected chi connectivity index (χ2v) is 9.29. The highest BCUT2D eigenvalue weighted by Gasteiger charge is 2.33. The Morgan fingerprint density at radius 2 is 1.50 bits per heavy atom. The Hall–Kier alpha value is -0.570. The minimum absolute atomic E-state index is 0.0632. The summed E-state index contributed by atoms with van der Waals surface area (Å²) in [5.41, 5.74) is 3.90. The first kappa shape index (κ1) is 23.4. The van der Waals surface area contributed by atoms with Crippen molar-refractivity contribution in [3.8, 4) is 0 Å². The van der Waals surface area contributed by atoms with E-state index in [1.54, 1.807) is 0 Å². The van der Waals surface area contributed by atoms with E-state index in [1.165, 1.54) is 16.7 Å². The lowest BCUT2D eigenvalue weighted by Crippen LogP contribution is -1.90. The maximum absolute atomic E-state index is 11.6. The molecule has 0 aromatic heterocycles. The second-order valence-electron chi connectivity index (χ2n) is 6.10. The first-order valence-corrected chi connectivity index (χ1v) is 11.0. The molecule has 0 rings (SSSR count). The van der Waals surface area contributed by atoms with Gasteiger partial charge < -0.3 is 4.89 Å². The molecule has 0 aliphatic rings. The lowest BCUT2D eigenvalue weighted by molar-refractivity contribution is 0.319. The first-order chi connectivity index (χ1) is 11.2. The second kappa shape index (κ2) is 12.7. The lowest BCUT2D eigenvalue weighted by atomic mass is 10.1. The number of hydrogen-bond acceptors (Lipinski definition) is 4. The fourth-order valence-corrected chi connectivity index (χ4v) is 3.87. The summed E-state index contributed by atoms with van der Waals surface area (Å²) in [4.78, 5) is 9.53. The Kier molecular flexibility index (Phi) is 12.4. The number of allylic oxidation sites excluding steroid dienone is 6. The van der Waals surface area contributed by atoms with Gasteiger partial charge in [-0.3, -0.25) is 4.57 Å². The topological polar surface area (TPSA) is 72.8 Å². The quantitative estimate of drug-likeness (QED) is 0.319. The largest absolute Gasteiger partial charge is 0.706 e. The predicted molar refractivity (Wildman–Crippen MR) is 100 cm³/mol. The summed E-state index contributed by atoms with van der Waals surface area (Å²) in [6.45, 7) is 8.37. The summed E-state index contributed by atoms with van der Waals surface area (Å²) in [5, 5.41) is 0. The molecule has 2 unspecified atom stereocenters. The van der Waals surface area contributed by atoms with Crippen molar-refractivity contribution in [3.63, 3.8) is 0 Å². The van der Waals surface area contributed by atoms with Crippen molar-refractivity contribution in [1.82, 2.24) is 0 Å². The normalized spacial score (nSPS) is 15.8. The zero-order valence-electron chi connectivity index (χ0n) is 15.4. The van der Waals surface area contributed by atoms with Gasteiger partial charge in [-0.15, -0.1) is 4.52 Å². The third kappa shape index (κ3) is 13.8. The highest BCUT2D eigenvalue weighted by molar-refractivity contribution is 7.59. The van der Waals surface area contributed by atoms with Gasteiger partial charge >= 0.3 is 15.9 Å². The zero-order valence-corrected chi connectivity index (χ0v) is 17.2. The molecule has 0 saturated heterocycles. The molecule has 0 amide bonds. The van der Waals surface area contributed by atoms with Crippen molar-refractivity contribution < 1.29 is 22.9 Å². The average molecular weight is 377 g/mol. The fraction of sp³-hybridized carbons (Fsp3) is 0.647. The van der Waals surface area contributed by atoms with E-state index in [4.69, 9.17) is 0 Å². The van der Waals surface area contributed by atoms with Gasteiger partial charge in [-0.05, 0) is 64.1 Å².